The number of nitrogens with two attached hydrogens (primary N) is 1. The fourth-order valence-corrected chi connectivity index (χ4v) is 3.26. The highest BCUT2D eigenvalue weighted by Gasteiger charge is 2.44. The summed E-state index contributed by atoms with van der Waals surface area (Å²) in [6.07, 6.45) is 2.08. The lowest BCUT2D eigenvalue weighted by molar-refractivity contribution is -0.141. The van der Waals surface area contributed by atoms with Crippen molar-refractivity contribution in [3.63, 3.8) is 0 Å². The van der Waals surface area contributed by atoms with Gasteiger partial charge in [-0.15, -0.1) is 11.8 Å². The zero-order valence-corrected chi connectivity index (χ0v) is 12.1. The Bertz CT molecular complexity index is 495. The standard InChI is InChI=1S/C14H17F2NO2S/c1-19-12(18)6-14(2-3-14)8-20-13-10(15)4-9(7-17)5-11(13)16/h4-5H,2-3,6-8,17H2,1H3. The second-order valence-electron chi connectivity index (χ2n) is 5.13. The van der Waals surface area contributed by atoms with Crippen LogP contribution in [0.3, 0.4) is 0 Å². The highest BCUT2D eigenvalue weighted by Crippen LogP contribution is 2.52. The molecule has 2 N–H and O–H groups in total. The minimum Gasteiger partial charge on any atom is -0.469 e. The molecule has 0 aliphatic heterocycles. The number of benzene rings is 1. The van der Waals surface area contributed by atoms with Crippen LogP contribution in [-0.4, -0.2) is 18.8 Å². The summed E-state index contributed by atoms with van der Waals surface area (Å²) in [5, 5.41) is 0. The minimum atomic E-state index is -0.593. The van der Waals surface area contributed by atoms with Crippen LogP contribution in [0.2, 0.25) is 0 Å². The zero-order valence-electron chi connectivity index (χ0n) is 11.2. The Morgan fingerprint density at radius 2 is 2.00 bits per heavy atom. The van der Waals surface area contributed by atoms with E-state index in [1.807, 2.05) is 0 Å². The van der Waals surface area contributed by atoms with E-state index in [2.05, 4.69) is 4.74 Å². The quantitative estimate of drug-likeness (QED) is 0.648. The van der Waals surface area contributed by atoms with E-state index in [-0.39, 0.29) is 22.8 Å². The zero-order chi connectivity index (χ0) is 14.8. The maximum Gasteiger partial charge on any atom is 0.306 e. The first kappa shape index (κ1) is 15.3. The predicted octanol–water partition coefficient (Wildman–Crippen LogP) is 2.86. The molecular formula is C14H17F2NO2S. The Kier molecular flexibility index (Phi) is 4.65. The first-order valence-electron chi connectivity index (χ1n) is 6.37. The summed E-state index contributed by atoms with van der Waals surface area (Å²) in [5.74, 6) is -0.950. The lowest BCUT2D eigenvalue weighted by atomic mass is 10.1. The van der Waals surface area contributed by atoms with Crippen molar-refractivity contribution in [1.82, 2.24) is 0 Å². The molecule has 0 saturated heterocycles. The van der Waals surface area contributed by atoms with Crippen molar-refractivity contribution in [3.8, 4) is 0 Å². The SMILES string of the molecule is COC(=O)CC1(CSc2c(F)cc(CN)cc2F)CC1. The number of ether oxygens (including phenoxy) is 1. The average molecular weight is 301 g/mol. The number of carbonyl (C=O) groups is 1. The molecule has 1 aromatic rings. The maximum atomic E-state index is 13.8. The average Bonchev–Trinajstić information content (AvgIpc) is 3.17. The van der Waals surface area contributed by atoms with Gasteiger partial charge in [-0.1, -0.05) is 0 Å². The number of thioether (sulfide) groups is 1. The van der Waals surface area contributed by atoms with Crippen molar-refractivity contribution >= 4 is 17.7 Å². The summed E-state index contributed by atoms with van der Waals surface area (Å²) in [4.78, 5) is 11.3. The molecule has 20 heavy (non-hydrogen) atoms. The van der Waals surface area contributed by atoms with E-state index in [1.165, 1.54) is 19.2 Å². The summed E-state index contributed by atoms with van der Waals surface area (Å²) >= 11 is 1.12. The molecule has 0 spiro atoms. The number of methoxy groups -OCH3 is 1. The normalized spacial score (nSPS) is 16.0. The Morgan fingerprint density at radius 3 is 2.45 bits per heavy atom. The molecule has 0 bridgehead atoms. The summed E-state index contributed by atoms with van der Waals surface area (Å²) in [6, 6.07) is 2.51. The van der Waals surface area contributed by atoms with Gasteiger partial charge in [-0.3, -0.25) is 4.79 Å². The van der Waals surface area contributed by atoms with Gasteiger partial charge in [0.05, 0.1) is 18.4 Å². The molecule has 0 amide bonds. The second-order valence-corrected chi connectivity index (χ2v) is 6.12. The molecule has 2 rings (SSSR count). The molecule has 1 aromatic carbocycles. The van der Waals surface area contributed by atoms with E-state index in [1.54, 1.807) is 0 Å². The third kappa shape index (κ3) is 3.49. The number of hydrogen-bond acceptors (Lipinski definition) is 4. The number of halogens is 2. The molecule has 1 saturated carbocycles. The fraction of sp³-hybridized carbons (Fsp3) is 0.500. The number of hydrogen-bond donors (Lipinski definition) is 1. The Hall–Kier alpha value is -1.14. The van der Waals surface area contributed by atoms with Crippen molar-refractivity contribution in [2.24, 2.45) is 11.1 Å². The van der Waals surface area contributed by atoms with Crippen LogP contribution in [0.25, 0.3) is 0 Å². The van der Waals surface area contributed by atoms with Crippen molar-refractivity contribution in [3.05, 3.63) is 29.3 Å². The van der Waals surface area contributed by atoms with E-state index in [9.17, 15) is 13.6 Å². The Labute approximate surface area is 120 Å². The van der Waals surface area contributed by atoms with Crippen molar-refractivity contribution in [2.75, 3.05) is 12.9 Å². The third-order valence-corrected chi connectivity index (χ3v) is 4.96. The Balaban J connectivity index is 2.03. The highest BCUT2D eigenvalue weighted by molar-refractivity contribution is 7.99. The van der Waals surface area contributed by atoms with Gasteiger partial charge in [0.15, 0.2) is 0 Å². The first-order chi connectivity index (χ1) is 9.49. The fourth-order valence-electron chi connectivity index (χ4n) is 2.02. The molecule has 1 aliphatic rings. The largest absolute Gasteiger partial charge is 0.469 e. The minimum absolute atomic E-state index is 0.00154. The van der Waals surface area contributed by atoms with Gasteiger partial charge in [0.1, 0.15) is 11.6 Å². The number of rotatable bonds is 6. The monoisotopic (exact) mass is 301 g/mol. The van der Waals surface area contributed by atoms with Crippen LogP contribution in [0.1, 0.15) is 24.8 Å². The van der Waals surface area contributed by atoms with Crippen LogP contribution in [0.4, 0.5) is 8.78 Å². The molecule has 6 heteroatoms. The second kappa shape index (κ2) is 6.10. The summed E-state index contributed by atoms with van der Waals surface area (Å²) in [7, 11) is 1.34. The molecule has 0 heterocycles. The maximum absolute atomic E-state index is 13.8. The van der Waals surface area contributed by atoms with E-state index < -0.39 is 11.6 Å². The molecule has 1 fully saturated rings. The van der Waals surface area contributed by atoms with E-state index in [4.69, 9.17) is 5.73 Å². The van der Waals surface area contributed by atoms with Crippen LogP contribution in [0.15, 0.2) is 17.0 Å². The smallest absolute Gasteiger partial charge is 0.306 e. The van der Waals surface area contributed by atoms with Crippen LogP contribution < -0.4 is 5.73 Å². The van der Waals surface area contributed by atoms with Gasteiger partial charge in [-0.05, 0) is 36.0 Å². The topological polar surface area (TPSA) is 52.3 Å². The Morgan fingerprint density at radius 1 is 1.40 bits per heavy atom. The summed E-state index contributed by atoms with van der Waals surface area (Å²) in [5.41, 5.74) is 5.64. The predicted molar refractivity (Wildman–Crippen MR) is 73.3 cm³/mol. The van der Waals surface area contributed by atoms with Crippen molar-refractivity contribution < 1.29 is 18.3 Å². The van der Waals surface area contributed by atoms with Crippen LogP contribution >= 0.6 is 11.8 Å². The van der Waals surface area contributed by atoms with Gasteiger partial charge in [-0.25, -0.2) is 8.78 Å². The van der Waals surface area contributed by atoms with Gasteiger partial charge < -0.3 is 10.5 Å². The molecule has 110 valence electrons. The molecule has 0 radical (unpaired) electrons. The molecule has 3 nitrogen and oxygen atoms in total. The molecule has 0 aromatic heterocycles. The third-order valence-electron chi connectivity index (χ3n) is 3.52. The van der Waals surface area contributed by atoms with Gasteiger partial charge in [0.25, 0.3) is 0 Å². The van der Waals surface area contributed by atoms with E-state index >= 15 is 0 Å². The van der Waals surface area contributed by atoms with Gasteiger partial charge in [-0.2, -0.15) is 0 Å². The van der Waals surface area contributed by atoms with Crippen LogP contribution in [0, 0.1) is 17.0 Å². The van der Waals surface area contributed by atoms with E-state index in [0.717, 1.165) is 24.6 Å². The number of esters is 1. The van der Waals surface area contributed by atoms with Crippen molar-refractivity contribution in [2.45, 2.75) is 30.7 Å². The van der Waals surface area contributed by atoms with E-state index in [0.29, 0.717) is 17.7 Å². The van der Waals surface area contributed by atoms with Gasteiger partial charge in [0, 0.05) is 12.3 Å². The van der Waals surface area contributed by atoms with Crippen molar-refractivity contribution in [1.29, 1.82) is 0 Å². The molecule has 1 aliphatic carbocycles. The van der Waals surface area contributed by atoms with Crippen LogP contribution in [0.5, 0.6) is 0 Å². The summed E-state index contributed by atoms with van der Waals surface area (Å²) < 4.78 is 32.3. The molecular weight excluding hydrogens is 284 g/mol. The number of carbonyl (C=O) groups excluding carboxylic acids is 1. The van der Waals surface area contributed by atoms with Gasteiger partial charge >= 0.3 is 5.97 Å². The first-order valence-corrected chi connectivity index (χ1v) is 7.36. The lowest BCUT2D eigenvalue weighted by Gasteiger charge is -2.14. The lowest BCUT2D eigenvalue weighted by Crippen LogP contribution is -2.13. The molecule has 0 unspecified atom stereocenters. The summed E-state index contributed by atoms with van der Waals surface area (Å²) in [6.45, 7) is 0.102. The van der Waals surface area contributed by atoms with Crippen LogP contribution in [-0.2, 0) is 16.1 Å². The highest BCUT2D eigenvalue weighted by atomic mass is 32.2. The van der Waals surface area contributed by atoms with Gasteiger partial charge in [0.2, 0.25) is 0 Å². The molecule has 0 atom stereocenters.